The summed E-state index contributed by atoms with van der Waals surface area (Å²) in [6, 6.07) is 7.15. The number of nitrogens with two attached hydrogens (primary N) is 1. The monoisotopic (exact) mass is 278 g/mol. The number of nitrogen functional groups attached to an aromatic ring is 1. The van der Waals surface area contributed by atoms with Gasteiger partial charge in [-0.2, -0.15) is 0 Å². The number of hydrogen-bond donors (Lipinski definition) is 2. The summed E-state index contributed by atoms with van der Waals surface area (Å²) in [5.74, 6) is -1.37. The van der Waals surface area contributed by atoms with Crippen LogP contribution < -0.4 is 15.8 Å². The molecule has 0 aromatic heterocycles. The van der Waals surface area contributed by atoms with Crippen LogP contribution in [0.3, 0.4) is 0 Å². The van der Waals surface area contributed by atoms with Crippen LogP contribution in [0.2, 0.25) is 0 Å². The lowest BCUT2D eigenvalue weighted by Gasteiger charge is -2.11. The van der Waals surface area contributed by atoms with Crippen LogP contribution in [0.25, 0.3) is 0 Å². The number of nitrogens with one attached hydrogen (secondary N) is 1. The van der Waals surface area contributed by atoms with Gasteiger partial charge >= 0.3 is 0 Å². The number of amides is 1. The highest BCUT2D eigenvalue weighted by Gasteiger charge is 2.13. The summed E-state index contributed by atoms with van der Waals surface area (Å²) >= 11 is 0. The molecule has 0 saturated heterocycles. The zero-order valence-electron chi connectivity index (χ0n) is 10.6. The van der Waals surface area contributed by atoms with E-state index in [0.717, 1.165) is 18.2 Å². The third-order valence-electron chi connectivity index (χ3n) is 2.67. The van der Waals surface area contributed by atoms with Crippen molar-refractivity contribution < 1.29 is 18.3 Å². The van der Waals surface area contributed by atoms with Crippen LogP contribution in [-0.4, -0.2) is 13.0 Å². The topological polar surface area (TPSA) is 64.3 Å². The molecular weight excluding hydrogens is 266 g/mol. The minimum atomic E-state index is -0.535. The molecule has 0 aliphatic rings. The second kappa shape index (κ2) is 5.56. The molecule has 2 aromatic rings. The standard InChI is InChI=1S/C14H12F2N2O2/c1-20-13-7-9(16)3-5-12(13)18-14(19)10-4-2-8(15)6-11(10)17/h2-7H,17H2,1H3,(H,18,19). The minimum Gasteiger partial charge on any atom is -0.494 e. The molecule has 0 fully saturated rings. The van der Waals surface area contributed by atoms with Gasteiger partial charge in [0.2, 0.25) is 0 Å². The number of methoxy groups -OCH3 is 1. The van der Waals surface area contributed by atoms with E-state index in [1.807, 2.05) is 0 Å². The average Bonchev–Trinajstić information content (AvgIpc) is 2.40. The lowest BCUT2D eigenvalue weighted by atomic mass is 10.1. The summed E-state index contributed by atoms with van der Waals surface area (Å²) in [5.41, 5.74) is 6.01. The first kappa shape index (κ1) is 13.8. The number of carbonyl (C=O) groups excluding carboxylic acids is 1. The lowest BCUT2D eigenvalue weighted by Crippen LogP contribution is -2.14. The Bertz CT molecular complexity index is 660. The van der Waals surface area contributed by atoms with E-state index in [-0.39, 0.29) is 17.0 Å². The third-order valence-corrected chi connectivity index (χ3v) is 2.67. The van der Waals surface area contributed by atoms with E-state index in [1.54, 1.807) is 0 Å². The first-order valence-electron chi connectivity index (χ1n) is 5.71. The Morgan fingerprint density at radius 3 is 2.45 bits per heavy atom. The number of hydrogen-bond acceptors (Lipinski definition) is 3. The van der Waals surface area contributed by atoms with Crippen molar-refractivity contribution in [2.45, 2.75) is 0 Å². The van der Waals surface area contributed by atoms with Gasteiger partial charge < -0.3 is 15.8 Å². The van der Waals surface area contributed by atoms with Crippen molar-refractivity contribution in [3.8, 4) is 5.75 Å². The average molecular weight is 278 g/mol. The molecule has 4 nitrogen and oxygen atoms in total. The zero-order chi connectivity index (χ0) is 14.7. The molecule has 20 heavy (non-hydrogen) atoms. The van der Waals surface area contributed by atoms with Gasteiger partial charge in [0.1, 0.15) is 17.4 Å². The van der Waals surface area contributed by atoms with Gasteiger partial charge in [-0.05, 0) is 30.3 Å². The molecule has 0 unspecified atom stereocenters. The molecule has 0 spiro atoms. The number of rotatable bonds is 3. The van der Waals surface area contributed by atoms with E-state index in [2.05, 4.69) is 5.32 Å². The van der Waals surface area contributed by atoms with Crippen molar-refractivity contribution in [2.24, 2.45) is 0 Å². The highest BCUT2D eigenvalue weighted by atomic mass is 19.1. The Hall–Kier alpha value is -2.63. The fourth-order valence-electron chi connectivity index (χ4n) is 1.70. The number of benzene rings is 2. The highest BCUT2D eigenvalue weighted by molar-refractivity contribution is 6.08. The fraction of sp³-hybridized carbons (Fsp3) is 0.0714. The predicted octanol–water partition coefficient (Wildman–Crippen LogP) is 2.81. The van der Waals surface area contributed by atoms with Crippen LogP contribution in [0.4, 0.5) is 20.2 Å². The molecule has 0 saturated carbocycles. The molecule has 2 aromatic carbocycles. The van der Waals surface area contributed by atoms with Crippen molar-refractivity contribution in [1.29, 1.82) is 0 Å². The van der Waals surface area contributed by atoms with Crippen LogP contribution in [0.5, 0.6) is 5.75 Å². The molecule has 0 atom stereocenters. The van der Waals surface area contributed by atoms with Crippen molar-refractivity contribution in [1.82, 2.24) is 0 Å². The first-order valence-corrected chi connectivity index (χ1v) is 5.71. The van der Waals surface area contributed by atoms with Gasteiger partial charge in [0.25, 0.3) is 5.91 Å². The summed E-state index contributed by atoms with van der Waals surface area (Å²) in [4.78, 5) is 12.0. The largest absolute Gasteiger partial charge is 0.494 e. The van der Waals surface area contributed by atoms with Crippen molar-refractivity contribution in [3.05, 3.63) is 53.6 Å². The molecule has 0 bridgehead atoms. The second-order valence-corrected chi connectivity index (χ2v) is 4.03. The Morgan fingerprint density at radius 1 is 1.15 bits per heavy atom. The van der Waals surface area contributed by atoms with Gasteiger partial charge in [-0.25, -0.2) is 8.78 Å². The van der Waals surface area contributed by atoms with Crippen molar-refractivity contribution in [3.63, 3.8) is 0 Å². The maximum absolute atomic E-state index is 13.0. The number of anilines is 2. The molecular formula is C14H12F2N2O2. The minimum absolute atomic E-state index is 0.0172. The number of carbonyl (C=O) groups is 1. The van der Waals surface area contributed by atoms with Crippen LogP contribution >= 0.6 is 0 Å². The van der Waals surface area contributed by atoms with Crippen LogP contribution in [-0.2, 0) is 0 Å². The molecule has 0 heterocycles. The third kappa shape index (κ3) is 2.85. The lowest BCUT2D eigenvalue weighted by molar-refractivity contribution is 0.102. The zero-order valence-corrected chi connectivity index (χ0v) is 10.6. The van der Waals surface area contributed by atoms with Crippen LogP contribution in [0.15, 0.2) is 36.4 Å². The van der Waals surface area contributed by atoms with Gasteiger partial charge in [-0.3, -0.25) is 4.79 Å². The Kier molecular flexibility index (Phi) is 3.84. The molecule has 104 valence electrons. The first-order chi connectivity index (χ1) is 9.51. The van der Waals surface area contributed by atoms with Gasteiger partial charge in [-0.1, -0.05) is 0 Å². The summed E-state index contributed by atoms with van der Waals surface area (Å²) in [6.07, 6.45) is 0. The van der Waals surface area contributed by atoms with E-state index < -0.39 is 17.5 Å². The molecule has 1 amide bonds. The van der Waals surface area contributed by atoms with Crippen LogP contribution in [0.1, 0.15) is 10.4 Å². The van der Waals surface area contributed by atoms with E-state index in [1.165, 1.54) is 25.3 Å². The quantitative estimate of drug-likeness (QED) is 0.848. The Balaban J connectivity index is 2.28. The van der Waals surface area contributed by atoms with Crippen molar-refractivity contribution in [2.75, 3.05) is 18.2 Å². The number of ether oxygens (including phenoxy) is 1. The van der Waals surface area contributed by atoms with E-state index in [9.17, 15) is 13.6 Å². The SMILES string of the molecule is COc1cc(F)ccc1NC(=O)c1ccc(F)cc1N. The molecule has 3 N–H and O–H groups in total. The van der Waals surface area contributed by atoms with E-state index in [4.69, 9.17) is 10.5 Å². The Morgan fingerprint density at radius 2 is 1.80 bits per heavy atom. The maximum atomic E-state index is 13.0. The van der Waals surface area contributed by atoms with Gasteiger partial charge in [0.05, 0.1) is 18.4 Å². The summed E-state index contributed by atoms with van der Waals surface area (Å²) in [5, 5.41) is 2.53. The highest BCUT2D eigenvalue weighted by Crippen LogP contribution is 2.26. The van der Waals surface area contributed by atoms with Gasteiger partial charge in [0, 0.05) is 11.8 Å². The molecule has 2 rings (SSSR count). The van der Waals surface area contributed by atoms with Crippen molar-refractivity contribution >= 4 is 17.3 Å². The second-order valence-electron chi connectivity index (χ2n) is 4.03. The van der Waals surface area contributed by atoms with E-state index in [0.29, 0.717) is 5.69 Å². The maximum Gasteiger partial charge on any atom is 0.257 e. The molecule has 0 radical (unpaired) electrons. The summed E-state index contributed by atoms with van der Waals surface area (Å²) in [7, 11) is 1.36. The Labute approximate surface area is 114 Å². The molecule has 6 heteroatoms. The molecule has 0 aliphatic heterocycles. The number of halogens is 2. The van der Waals surface area contributed by atoms with Gasteiger partial charge in [0.15, 0.2) is 0 Å². The van der Waals surface area contributed by atoms with E-state index >= 15 is 0 Å². The summed E-state index contributed by atoms with van der Waals surface area (Å²) in [6.45, 7) is 0. The molecule has 0 aliphatic carbocycles. The van der Waals surface area contributed by atoms with Crippen LogP contribution in [0, 0.1) is 11.6 Å². The summed E-state index contributed by atoms with van der Waals surface area (Å²) < 4.78 is 30.9. The van der Waals surface area contributed by atoms with Gasteiger partial charge in [-0.15, -0.1) is 0 Å². The predicted molar refractivity (Wildman–Crippen MR) is 71.7 cm³/mol. The fourth-order valence-corrected chi connectivity index (χ4v) is 1.70. The normalized spacial score (nSPS) is 10.2. The smallest absolute Gasteiger partial charge is 0.257 e.